The summed E-state index contributed by atoms with van der Waals surface area (Å²) in [6.07, 6.45) is 7.31. The molecule has 1 aliphatic rings. The average molecular weight is 401 g/mol. The Morgan fingerprint density at radius 1 is 1.21 bits per heavy atom. The topological polar surface area (TPSA) is 81.8 Å². The van der Waals surface area contributed by atoms with E-state index in [9.17, 15) is 18.4 Å². The monoisotopic (exact) mass is 401 g/mol. The number of aromatic nitrogens is 4. The molecular weight excluding hydrogens is 380 g/mol. The first-order valence-electron chi connectivity index (χ1n) is 9.66. The summed E-state index contributed by atoms with van der Waals surface area (Å²) in [5, 5.41) is 3.06. The molecule has 0 saturated heterocycles. The predicted octanol–water partition coefficient (Wildman–Crippen LogP) is 3.03. The van der Waals surface area contributed by atoms with E-state index in [-0.39, 0.29) is 17.9 Å². The van der Waals surface area contributed by atoms with E-state index >= 15 is 0 Å². The molecule has 0 aliphatic carbocycles. The van der Waals surface area contributed by atoms with Crippen LogP contribution in [-0.2, 0) is 19.5 Å². The van der Waals surface area contributed by atoms with Crippen LogP contribution < -0.4 is 10.9 Å². The normalized spacial score (nSPS) is 14.4. The number of nitrogens with zero attached hydrogens (tertiary/aromatic N) is 4. The molecule has 3 heterocycles. The van der Waals surface area contributed by atoms with Crippen LogP contribution in [0.15, 0.2) is 35.4 Å². The lowest BCUT2D eigenvalue weighted by Gasteiger charge is -2.16. The summed E-state index contributed by atoms with van der Waals surface area (Å²) < 4.78 is 28.2. The Kier molecular flexibility index (Phi) is 5.37. The summed E-state index contributed by atoms with van der Waals surface area (Å²) in [4.78, 5) is 33.8. The molecule has 152 valence electrons. The van der Waals surface area contributed by atoms with Crippen molar-refractivity contribution in [1.82, 2.24) is 24.4 Å². The summed E-state index contributed by atoms with van der Waals surface area (Å²) in [5.41, 5.74) is 0.705. The fourth-order valence-electron chi connectivity index (χ4n) is 3.66. The molecule has 1 aliphatic heterocycles. The molecule has 3 aromatic rings. The Labute approximate surface area is 165 Å². The molecule has 4 rings (SSSR count). The molecule has 9 heteroatoms. The number of imidazole rings is 1. The van der Waals surface area contributed by atoms with Gasteiger partial charge in [-0.25, -0.2) is 9.97 Å². The third kappa shape index (κ3) is 3.90. The Morgan fingerprint density at radius 2 is 2.03 bits per heavy atom. The quantitative estimate of drug-likeness (QED) is 0.729. The number of aryl methyl sites for hydroxylation is 1. The predicted molar refractivity (Wildman–Crippen MR) is 103 cm³/mol. The third-order valence-corrected chi connectivity index (χ3v) is 5.19. The maximum absolute atomic E-state index is 12.9. The van der Waals surface area contributed by atoms with E-state index in [0.29, 0.717) is 27.6 Å². The van der Waals surface area contributed by atoms with E-state index in [4.69, 9.17) is 0 Å². The molecule has 0 spiro atoms. The highest BCUT2D eigenvalue weighted by molar-refractivity contribution is 5.97. The van der Waals surface area contributed by atoms with Crippen LogP contribution in [0.2, 0.25) is 0 Å². The van der Waals surface area contributed by atoms with Gasteiger partial charge in [0, 0.05) is 30.9 Å². The van der Waals surface area contributed by atoms with Crippen molar-refractivity contribution in [3.63, 3.8) is 0 Å². The van der Waals surface area contributed by atoms with Crippen molar-refractivity contribution in [2.45, 2.75) is 51.7 Å². The number of carbonyl (C=O) groups excluding carboxylic acids is 1. The van der Waals surface area contributed by atoms with Crippen molar-refractivity contribution in [2.75, 3.05) is 0 Å². The molecule has 29 heavy (non-hydrogen) atoms. The van der Waals surface area contributed by atoms with E-state index < -0.39 is 12.5 Å². The lowest BCUT2D eigenvalue weighted by molar-refractivity contribution is 0.0660. The first-order valence-corrected chi connectivity index (χ1v) is 9.66. The Morgan fingerprint density at radius 3 is 2.86 bits per heavy atom. The molecule has 0 fully saturated rings. The lowest BCUT2D eigenvalue weighted by atomic mass is 10.1. The van der Waals surface area contributed by atoms with Crippen molar-refractivity contribution in [3.05, 3.63) is 58.2 Å². The van der Waals surface area contributed by atoms with Gasteiger partial charge in [-0.1, -0.05) is 12.8 Å². The van der Waals surface area contributed by atoms with Gasteiger partial charge >= 0.3 is 6.55 Å². The first-order chi connectivity index (χ1) is 14.0. The number of nitrogens with one attached hydrogen (secondary N) is 1. The zero-order valence-electron chi connectivity index (χ0n) is 15.8. The number of hydrogen-bond donors (Lipinski definition) is 1. The zero-order chi connectivity index (χ0) is 20.4. The zero-order valence-corrected chi connectivity index (χ0v) is 15.8. The van der Waals surface area contributed by atoms with Crippen molar-refractivity contribution in [1.29, 1.82) is 0 Å². The number of carbonyl (C=O) groups is 1. The van der Waals surface area contributed by atoms with Gasteiger partial charge in [-0.2, -0.15) is 8.78 Å². The van der Waals surface area contributed by atoms with E-state index in [1.807, 2.05) is 0 Å². The van der Waals surface area contributed by atoms with Gasteiger partial charge in [-0.05, 0) is 31.0 Å². The first kappa shape index (κ1) is 19.2. The number of fused-ring (bicyclic) bond motifs is 2. The molecule has 0 atom stereocenters. The van der Waals surface area contributed by atoms with Crippen molar-refractivity contribution in [3.8, 4) is 0 Å². The van der Waals surface area contributed by atoms with Gasteiger partial charge in [0.25, 0.3) is 11.5 Å². The summed E-state index contributed by atoms with van der Waals surface area (Å²) in [6, 6.07) is 4.73. The van der Waals surface area contributed by atoms with Crippen LogP contribution in [0.1, 0.15) is 54.2 Å². The molecule has 0 bridgehead atoms. The molecule has 7 nitrogen and oxygen atoms in total. The van der Waals surface area contributed by atoms with E-state index in [1.54, 1.807) is 22.8 Å². The maximum atomic E-state index is 12.9. The maximum Gasteiger partial charge on any atom is 0.319 e. The second kappa shape index (κ2) is 8.10. The average Bonchev–Trinajstić information content (AvgIpc) is 3.16. The van der Waals surface area contributed by atoms with Crippen LogP contribution in [0.4, 0.5) is 8.78 Å². The van der Waals surface area contributed by atoms with Gasteiger partial charge in [-0.3, -0.25) is 18.7 Å². The minimum absolute atomic E-state index is 0.0619. The van der Waals surface area contributed by atoms with Gasteiger partial charge in [0.05, 0.1) is 17.4 Å². The van der Waals surface area contributed by atoms with Gasteiger partial charge in [0.1, 0.15) is 11.6 Å². The second-order valence-electron chi connectivity index (χ2n) is 7.09. The molecule has 0 unspecified atom stereocenters. The summed E-state index contributed by atoms with van der Waals surface area (Å²) >= 11 is 0. The Bertz CT molecular complexity index is 1110. The minimum atomic E-state index is -2.72. The SMILES string of the molecule is O=C(NCc1nccn1C(F)F)c1ccc2c(=O)n3c(nc2c1)CCCCCC3. The number of halogens is 2. The largest absolute Gasteiger partial charge is 0.345 e. The van der Waals surface area contributed by atoms with Crippen LogP contribution in [0.25, 0.3) is 10.9 Å². The van der Waals surface area contributed by atoms with Crippen LogP contribution in [0.5, 0.6) is 0 Å². The molecule has 2 aromatic heterocycles. The van der Waals surface area contributed by atoms with E-state index in [1.165, 1.54) is 6.20 Å². The highest BCUT2D eigenvalue weighted by Gasteiger charge is 2.16. The standard InChI is InChI=1S/C20H21F2N5O2/c21-20(22)27-10-8-23-17(27)12-24-18(28)13-6-7-14-15(11-13)25-16-5-3-1-2-4-9-26(16)19(14)29/h6-8,10-11,20H,1-5,9,12H2,(H,24,28). The third-order valence-electron chi connectivity index (χ3n) is 5.19. The minimum Gasteiger partial charge on any atom is -0.345 e. The number of hydrogen-bond acceptors (Lipinski definition) is 4. The van der Waals surface area contributed by atoms with Crippen molar-refractivity contribution in [2.24, 2.45) is 0 Å². The number of benzene rings is 1. The molecular formula is C20H21F2N5O2. The molecule has 1 amide bonds. The van der Waals surface area contributed by atoms with Gasteiger partial charge in [0.15, 0.2) is 0 Å². The molecule has 0 radical (unpaired) electrons. The fraction of sp³-hybridized carbons (Fsp3) is 0.400. The number of amides is 1. The Hall–Kier alpha value is -3.10. The number of rotatable bonds is 4. The van der Waals surface area contributed by atoms with Gasteiger partial charge in [0.2, 0.25) is 0 Å². The lowest BCUT2D eigenvalue weighted by Crippen LogP contribution is -2.27. The smallest absolute Gasteiger partial charge is 0.319 e. The Balaban J connectivity index is 1.59. The van der Waals surface area contributed by atoms with Crippen molar-refractivity contribution >= 4 is 16.8 Å². The van der Waals surface area contributed by atoms with Gasteiger partial charge in [-0.15, -0.1) is 0 Å². The molecule has 1 N–H and O–H groups in total. The molecule has 1 aromatic carbocycles. The molecule has 0 saturated carbocycles. The summed E-state index contributed by atoms with van der Waals surface area (Å²) in [6.45, 7) is -2.19. The van der Waals surface area contributed by atoms with Crippen LogP contribution in [0, 0.1) is 0 Å². The fourth-order valence-corrected chi connectivity index (χ4v) is 3.66. The summed E-state index contributed by atoms with van der Waals surface area (Å²) in [7, 11) is 0. The van der Waals surface area contributed by atoms with E-state index in [2.05, 4.69) is 15.3 Å². The number of alkyl halides is 2. The van der Waals surface area contributed by atoms with Crippen LogP contribution >= 0.6 is 0 Å². The second-order valence-corrected chi connectivity index (χ2v) is 7.09. The van der Waals surface area contributed by atoms with Crippen LogP contribution in [-0.4, -0.2) is 25.0 Å². The van der Waals surface area contributed by atoms with Crippen molar-refractivity contribution < 1.29 is 13.6 Å². The van der Waals surface area contributed by atoms with Gasteiger partial charge < -0.3 is 5.32 Å². The van der Waals surface area contributed by atoms with E-state index in [0.717, 1.165) is 44.1 Å². The van der Waals surface area contributed by atoms with Crippen LogP contribution in [0.3, 0.4) is 0 Å². The highest BCUT2D eigenvalue weighted by atomic mass is 19.3. The highest BCUT2D eigenvalue weighted by Crippen LogP contribution is 2.17. The summed E-state index contributed by atoms with van der Waals surface area (Å²) in [5.74, 6) is 0.370.